The highest BCUT2D eigenvalue weighted by atomic mass is 16.5. The zero-order valence-corrected chi connectivity index (χ0v) is 17.2. The number of methoxy groups -OCH3 is 1. The van der Waals surface area contributed by atoms with Crippen molar-refractivity contribution in [3.05, 3.63) is 71.9 Å². The number of ether oxygens (including phenoxy) is 1. The summed E-state index contributed by atoms with van der Waals surface area (Å²) in [6, 6.07) is 18.6. The van der Waals surface area contributed by atoms with Crippen LogP contribution < -0.4 is 15.0 Å². The fraction of sp³-hybridized carbons (Fsp3) is 0.348. The van der Waals surface area contributed by atoms with Gasteiger partial charge in [-0.05, 0) is 17.7 Å². The van der Waals surface area contributed by atoms with Gasteiger partial charge in [0.15, 0.2) is 0 Å². The molecule has 0 fully saturated rings. The van der Waals surface area contributed by atoms with Gasteiger partial charge in [0.25, 0.3) is 0 Å². The first-order valence-electron chi connectivity index (χ1n) is 10.0. The zero-order chi connectivity index (χ0) is 19.8. The summed E-state index contributed by atoms with van der Waals surface area (Å²) in [4.78, 5) is 1.50. The number of nitrogens with one attached hydrogen (secondary N) is 1. The molecule has 0 aliphatic rings. The summed E-state index contributed by atoms with van der Waals surface area (Å²) in [5, 5.41) is 7.30. The summed E-state index contributed by atoms with van der Waals surface area (Å²) >= 11 is 0. The fourth-order valence-corrected chi connectivity index (χ4v) is 3.39. The molecule has 3 rings (SSSR count). The number of nitrogens with two attached hydrogens (primary N) is 1. The first-order valence-corrected chi connectivity index (χ1v) is 10.0. The van der Waals surface area contributed by atoms with Crippen molar-refractivity contribution in [3.8, 4) is 17.0 Å². The number of benzene rings is 2. The summed E-state index contributed by atoms with van der Waals surface area (Å²) in [6.07, 6.45) is 3.40. The number of rotatable bonds is 10. The molecule has 5 nitrogen and oxygen atoms in total. The molecule has 0 spiro atoms. The Hall–Kier alpha value is -2.63. The zero-order valence-electron chi connectivity index (χ0n) is 17.2. The minimum atomic E-state index is 0.771. The van der Waals surface area contributed by atoms with Crippen LogP contribution in [-0.2, 0) is 13.1 Å². The van der Waals surface area contributed by atoms with Crippen LogP contribution in [0.2, 0.25) is 0 Å². The quantitative estimate of drug-likeness (QED) is 0.520. The minimum Gasteiger partial charge on any atom is -0.496 e. The van der Waals surface area contributed by atoms with Crippen molar-refractivity contribution in [1.29, 1.82) is 0 Å². The molecule has 28 heavy (non-hydrogen) atoms. The molecule has 0 atom stereocenters. The maximum atomic E-state index is 5.59. The molecule has 0 saturated heterocycles. The van der Waals surface area contributed by atoms with Gasteiger partial charge in [-0.1, -0.05) is 42.5 Å². The summed E-state index contributed by atoms with van der Waals surface area (Å²) in [5.74, 6) is 0.866. The number of hydrogen-bond acceptors (Lipinski definition) is 2. The molecule has 0 saturated carbocycles. The van der Waals surface area contributed by atoms with E-state index in [0.717, 1.165) is 36.6 Å². The van der Waals surface area contributed by atoms with E-state index >= 15 is 0 Å². The van der Waals surface area contributed by atoms with E-state index in [2.05, 4.69) is 55.9 Å². The predicted octanol–water partition coefficient (Wildman–Crippen LogP) is 1.21. The van der Waals surface area contributed by atoms with Gasteiger partial charge in [-0.3, -0.25) is 4.68 Å². The summed E-state index contributed by atoms with van der Waals surface area (Å²) in [6.45, 7) is 4.02. The maximum Gasteiger partial charge on any atom is 0.128 e. The van der Waals surface area contributed by atoms with E-state index in [9.17, 15) is 0 Å². The van der Waals surface area contributed by atoms with Crippen molar-refractivity contribution in [1.82, 2.24) is 9.78 Å². The van der Waals surface area contributed by atoms with E-state index in [1.807, 2.05) is 28.9 Å². The van der Waals surface area contributed by atoms with Gasteiger partial charge in [0, 0.05) is 18.2 Å². The summed E-state index contributed by atoms with van der Waals surface area (Å²) < 4.78 is 7.64. The van der Waals surface area contributed by atoms with Crippen molar-refractivity contribution in [3.63, 3.8) is 0 Å². The smallest absolute Gasteiger partial charge is 0.128 e. The Balaban J connectivity index is 1.81. The molecular formula is C23H32N4O+2. The monoisotopic (exact) mass is 380 g/mol. The van der Waals surface area contributed by atoms with Crippen molar-refractivity contribution >= 4 is 0 Å². The number of aromatic nitrogens is 2. The van der Waals surface area contributed by atoms with Crippen LogP contribution in [0.3, 0.4) is 0 Å². The molecule has 0 amide bonds. The van der Waals surface area contributed by atoms with Crippen LogP contribution in [0.4, 0.5) is 0 Å². The second-order valence-corrected chi connectivity index (χ2v) is 7.48. The third kappa shape index (κ3) is 5.44. The Kier molecular flexibility index (Phi) is 7.23. The van der Waals surface area contributed by atoms with Gasteiger partial charge < -0.3 is 15.0 Å². The molecule has 0 aliphatic carbocycles. The van der Waals surface area contributed by atoms with Crippen molar-refractivity contribution in [2.24, 2.45) is 0 Å². The van der Waals surface area contributed by atoms with Crippen LogP contribution in [-0.4, -0.2) is 44.1 Å². The van der Waals surface area contributed by atoms with E-state index in [1.54, 1.807) is 7.11 Å². The average molecular weight is 381 g/mol. The molecule has 5 heteroatoms. The molecule has 1 aromatic heterocycles. The van der Waals surface area contributed by atoms with Crippen LogP contribution >= 0.6 is 0 Å². The highest BCUT2D eigenvalue weighted by molar-refractivity contribution is 5.69. The van der Waals surface area contributed by atoms with Crippen molar-refractivity contribution in [2.45, 2.75) is 19.5 Å². The molecule has 0 unspecified atom stereocenters. The molecule has 1 heterocycles. The maximum absolute atomic E-state index is 5.59. The number of quaternary nitrogens is 2. The molecule has 0 bridgehead atoms. The predicted molar refractivity (Wildman–Crippen MR) is 113 cm³/mol. The van der Waals surface area contributed by atoms with E-state index < -0.39 is 0 Å². The van der Waals surface area contributed by atoms with E-state index in [0.29, 0.717) is 0 Å². The van der Waals surface area contributed by atoms with Gasteiger partial charge in [-0.15, -0.1) is 0 Å². The van der Waals surface area contributed by atoms with Crippen LogP contribution in [0.25, 0.3) is 11.3 Å². The van der Waals surface area contributed by atoms with Crippen LogP contribution in [0, 0.1) is 0 Å². The topological polar surface area (TPSA) is 48.1 Å². The van der Waals surface area contributed by atoms with Crippen LogP contribution in [0.15, 0.2) is 60.8 Å². The lowest BCUT2D eigenvalue weighted by atomic mass is 10.1. The number of hydrogen-bond donors (Lipinski definition) is 2. The average Bonchev–Trinajstić information content (AvgIpc) is 3.10. The third-order valence-corrected chi connectivity index (χ3v) is 4.84. The molecule has 0 aliphatic heterocycles. The van der Waals surface area contributed by atoms with E-state index in [-0.39, 0.29) is 0 Å². The largest absolute Gasteiger partial charge is 0.496 e. The van der Waals surface area contributed by atoms with Crippen molar-refractivity contribution in [2.75, 3.05) is 34.3 Å². The molecule has 2 aromatic carbocycles. The summed E-state index contributed by atoms with van der Waals surface area (Å²) in [7, 11) is 6.12. The first kappa shape index (κ1) is 20.1. The minimum absolute atomic E-state index is 0.771. The van der Waals surface area contributed by atoms with Gasteiger partial charge in [0.2, 0.25) is 0 Å². The van der Waals surface area contributed by atoms with Crippen LogP contribution in [0.5, 0.6) is 5.75 Å². The van der Waals surface area contributed by atoms with Gasteiger partial charge in [0.05, 0.1) is 46.4 Å². The Bertz CT molecular complexity index is 858. The van der Waals surface area contributed by atoms with Crippen molar-refractivity contribution < 1.29 is 15.0 Å². The highest BCUT2D eigenvalue weighted by Crippen LogP contribution is 2.30. The van der Waals surface area contributed by atoms with Crippen LogP contribution in [0.1, 0.15) is 17.5 Å². The summed E-state index contributed by atoms with van der Waals surface area (Å²) in [5.41, 5.74) is 4.57. The second-order valence-electron chi connectivity index (χ2n) is 7.48. The normalized spacial score (nSPS) is 11.1. The lowest BCUT2D eigenvalue weighted by molar-refractivity contribution is -0.860. The Morgan fingerprint density at radius 1 is 1.04 bits per heavy atom. The Morgan fingerprint density at radius 3 is 2.54 bits per heavy atom. The Morgan fingerprint density at radius 2 is 1.79 bits per heavy atom. The number of para-hydroxylation sites is 1. The Labute approximate surface area is 167 Å². The second kappa shape index (κ2) is 10.1. The van der Waals surface area contributed by atoms with Gasteiger partial charge in [-0.25, -0.2) is 0 Å². The standard InChI is InChI=1S/C23H30N4O/c1-26(2)15-9-14-24-16-20-18-27(17-19-10-5-4-6-11-19)25-23(20)21-12-7-8-13-22(21)28-3/h4-8,10-13,18,24H,9,14-17H2,1-3H3/p+2. The highest BCUT2D eigenvalue weighted by Gasteiger charge is 2.16. The first-order chi connectivity index (χ1) is 13.7. The fourth-order valence-electron chi connectivity index (χ4n) is 3.39. The van der Waals surface area contributed by atoms with E-state index in [4.69, 9.17) is 9.84 Å². The lowest BCUT2D eigenvalue weighted by Crippen LogP contribution is -3.06. The molecule has 3 N–H and O–H groups in total. The lowest BCUT2D eigenvalue weighted by Gasteiger charge is -2.08. The SMILES string of the molecule is COc1ccccc1-c1nn(Cc2ccccc2)cc1C[NH2+]CCC[NH+](C)C. The van der Waals surface area contributed by atoms with Gasteiger partial charge in [0.1, 0.15) is 18.0 Å². The van der Waals surface area contributed by atoms with E-state index in [1.165, 1.54) is 29.0 Å². The molecular weight excluding hydrogens is 348 g/mol. The molecule has 0 radical (unpaired) electrons. The number of nitrogens with zero attached hydrogens (tertiary/aromatic N) is 2. The third-order valence-electron chi connectivity index (χ3n) is 4.84. The van der Waals surface area contributed by atoms with Gasteiger partial charge in [-0.2, -0.15) is 5.10 Å². The van der Waals surface area contributed by atoms with Gasteiger partial charge >= 0.3 is 0 Å². The molecule has 148 valence electrons. The molecule has 3 aromatic rings.